The van der Waals surface area contributed by atoms with Crippen molar-refractivity contribution in [1.82, 2.24) is 10.3 Å². The monoisotopic (exact) mass is 378 g/mol. The van der Waals surface area contributed by atoms with Gasteiger partial charge in [-0.1, -0.05) is 24.3 Å². The summed E-state index contributed by atoms with van der Waals surface area (Å²) in [6, 6.07) is 7.18. The molecule has 2 atom stereocenters. The molecule has 4 nitrogen and oxygen atoms in total. The molecule has 144 valence electrons. The summed E-state index contributed by atoms with van der Waals surface area (Å²) in [7, 11) is 0. The third-order valence-corrected chi connectivity index (χ3v) is 4.75. The average Bonchev–Trinajstić information content (AvgIpc) is 2.64. The van der Waals surface area contributed by atoms with Gasteiger partial charge in [-0.2, -0.15) is 13.2 Å². The zero-order valence-electron chi connectivity index (χ0n) is 14.9. The number of allylic oxidation sites excluding steroid dienone is 2. The fourth-order valence-corrected chi connectivity index (χ4v) is 3.26. The summed E-state index contributed by atoms with van der Waals surface area (Å²) in [6.45, 7) is 1.72. The minimum Gasteiger partial charge on any atom is -0.392 e. The lowest BCUT2D eigenvalue weighted by atomic mass is 9.85. The van der Waals surface area contributed by atoms with Crippen molar-refractivity contribution in [2.24, 2.45) is 5.92 Å². The maximum Gasteiger partial charge on any atom is 0.392 e. The van der Waals surface area contributed by atoms with Crippen LogP contribution in [0.4, 0.5) is 13.2 Å². The number of carbonyl (C=O) groups excluding carboxylic acids is 1. The molecule has 1 aromatic heterocycles. The molecule has 27 heavy (non-hydrogen) atoms. The predicted octanol–water partition coefficient (Wildman–Crippen LogP) is 4.09. The number of fused-ring (bicyclic) bond motifs is 1. The van der Waals surface area contributed by atoms with Crippen molar-refractivity contribution in [1.29, 1.82) is 0 Å². The molecule has 0 saturated carbocycles. The number of halogens is 3. The van der Waals surface area contributed by atoms with Crippen LogP contribution in [0, 0.1) is 5.92 Å². The Morgan fingerprint density at radius 1 is 1.41 bits per heavy atom. The fourth-order valence-electron chi connectivity index (χ4n) is 3.26. The van der Waals surface area contributed by atoms with Crippen LogP contribution in [0.5, 0.6) is 0 Å². The molecule has 0 spiro atoms. The van der Waals surface area contributed by atoms with Gasteiger partial charge in [0.1, 0.15) is 0 Å². The van der Waals surface area contributed by atoms with Gasteiger partial charge < -0.3 is 10.4 Å². The van der Waals surface area contributed by atoms with Gasteiger partial charge in [-0.25, -0.2) is 0 Å². The number of nitrogens with one attached hydrogen (secondary N) is 1. The number of benzene rings is 1. The first-order chi connectivity index (χ1) is 12.8. The number of nitrogens with zero attached hydrogens (tertiary/aromatic N) is 1. The number of hydrogen-bond donors (Lipinski definition) is 2. The van der Waals surface area contributed by atoms with E-state index in [0.717, 1.165) is 16.5 Å². The number of aliphatic hydroxyl groups excluding tert-OH is 1. The van der Waals surface area contributed by atoms with E-state index in [-0.39, 0.29) is 25.3 Å². The van der Waals surface area contributed by atoms with Crippen LogP contribution >= 0.6 is 0 Å². The van der Waals surface area contributed by atoms with Gasteiger partial charge in [0.2, 0.25) is 0 Å². The number of hydrogen-bond acceptors (Lipinski definition) is 3. The summed E-state index contributed by atoms with van der Waals surface area (Å²) in [5.41, 5.74) is 2.71. The Morgan fingerprint density at radius 2 is 2.19 bits per heavy atom. The number of aliphatic hydroxyl groups is 1. The second-order valence-corrected chi connectivity index (χ2v) is 6.90. The molecule has 1 unspecified atom stereocenters. The van der Waals surface area contributed by atoms with Crippen LogP contribution in [-0.4, -0.2) is 34.8 Å². The Kier molecular flexibility index (Phi) is 5.51. The van der Waals surface area contributed by atoms with Crippen LogP contribution in [0.2, 0.25) is 0 Å². The summed E-state index contributed by atoms with van der Waals surface area (Å²) in [5.74, 6) is -1.62. The first-order valence-corrected chi connectivity index (χ1v) is 8.87. The molecule has 2 N–H and O–H groups in total. The van der Waals surface area contributed by atoms with E-state index in [1.165, 1.54) is 6.20 Å². The lowest BCUT2D eigenvalue weighted by molar-refractivity contribution is -0.175. The number of rotatable bonds is 4. The van der Waals surface area contributed by atoms with E-state index in [0.29, 0.717) is 17.5 Å². The van der Waals surface area contributed by atoms with Gasteiger partial charge in [-0.05, 0) is 37.8 Å². The minimum atomic E-state index is -4.16. The lowest BCUT2D eigenvalue weighted by Gasteiger charge is -2.24. The molecule has 1 heterocycles. The summed E-state index contributed by atoms with van der Waals surface area (Å²) in [5, 5.41) is 12.6. The normalized spacial score (nSPS) is 18.9. The summed E-state index contributed by atoms with van der Waals surface area (Å²) >= 11 is 0. The number of aromatic nitrogens is 1. The quantitative estimate of drug-likeness (QED) is 0.842. The largest absolute Gasteiger partial charge is 0.392 e. The van der Waals surface area contributed by atoms with Gasteiger partial charge in [0.15, 0.2) is 0 Å². The van der Waals surface area contributed by atoms with Crippen LogP contribution in [-0.2, 0) is 0 Å². The molecular weight excluding hydrogens is 357 g/mol. The van der Waals surface area contributed by atoms with Gasteiger partial charge in [0, 0.05) is 23.7 Å². The molecule has 0 bridgehead atoms. The van der Waals surface area contributed by atoms with Crippen molar-refractivity contribution in [2.45, 2.75) is 38.5 Å². The maximum atomic E-state index is 12.9. The van der Waals surface area contributed by atoms with Crippen molar-refractivity contribution in [2.75, 3.05) is 6.54 Å². The molecule has 1 aromatic carbocycles. The van der Waals surface area contributed by atoms with Crippen molar-refractivity contribution < 1.29 is 23.1 Å². The van der Waals surface area contributed by atoms with Crippen LogP contribution in [0.1, 0.15) is 42.1 Å². The highest BCUT2D eigenvalue weighted by Gasteiger charge is 2.39. The number of carbonyl (C=O) groups is 1. The zero-order chi connectivity index (χ0) is 19.6. The standard InChI is InChI=1S/C20H21F3N2O2/c1-12(26)10-25-19(27)15-9-14-3-2-4-17(18(14)24-11-15)13-5-7-16(8-6-13)20(21,22)23/h2-5,9,11-12,16,26H,6-8,10H2,1H3,(H,25,27)/t12-,16?/m0/s1. The summed E-state index contributed by atoms with van der Waals surface area (Å²) in [4.78, 5) is 16.5. The third-order valence-electron chi connectivity index (χ3n) is 4.75. The average molecular weight is 378 g/mol. The molecule has 0 fully saturated rings. The molecule has 1 amide bonds. The van der Waals surface area contributed by atoms with E-state index in [4.69, 9.17) is 0 Å². The van der Waals surface area contributed by atoms with Gasteiger partial charge in [0.25, 0.3) is 5.91 Å². The third kappa shape index (κ3) is 4.47. The topological polar surface area (TPSA) is 62.2 Å². The van der Waals surface area contributed by atoms with E-state index in [9.17, 15) is 23.1 Å². The molecule has 2 aromatic rings. The molecule has 1 aliphatic rings. The number of para-hydroxylation sites is 1. The molecule has 1 aliphatic carbocycles. The summed E-state index contributed by atoms with van der Waals surface area (Å²) < 4.78 is 38.6. The first kappa shape index (κ1) is 19.4. The number of alkyl halides is 3. The van der Waals surface area contributed by atoms with Gasteiger partial charge in [-0.15, -0.1) is 0 Å². The molecule has 0 radical (unpaired) electrons. The molecule has 0 saturated heterocycles. The van der Waals surface area contributed by atoms with E-state index < -0.39 is 18.2 Å². The second-order valence-electron chi connectivity index (χ2n) is 6.90. The van der Waals surface area contributed by atoms with E-state index in [1.807, 2.05) is 18.2 Å². The van der Waals surface area contributed by atoms with Crippen LogP contribution in [0.25, 0.3) is 16.5 Å². The van der Waals surface area contributed by atoms with Crippen molar-refractivity contribution >= 4 is 22.4 Å². The molecule has 3 rings (SSSR count). The Bertz CT molecular complexity index is 875. The number of amides is 1. The number of pyridine rings is 1. The highest BCUT2D eigenvalue weighted by atomic mass is 19.4. The molecule has 0 aliphatic heterocycles. The second kappa shape index (κ2) is 7.68. The Labute approximate surface area is 155 Å². The highest BCUT2D eigenvalue weighted by Crippen LogP contribution is 2.40. The highest BCUT2D eigenvalue weighted by molar-refractivity contribution is 5.99. The fraction of sp³-hybridized carbons (Fsp3) is 0.400. The van der Waals surface area contributed by atoms with Crippen molar-refractivity contribution in [3.05, 3.63) is 47.7 Å². The van der Waals surface area contributed by atoms with Crippen LogP contribution < -0.4 is 5.32 Å². The van der Waals surface area contributed by atoms with E-state index in [1.54, 1.807) is 19.1 Å². The minimum absolute atomic E-state index is 0.0188. The predicted molar refractivity (Wildman–Crippen MR) is 97.1 cm³/mol. The maximum absolute atomic E-state index is 12.9. The van der Waals surface area contributed by atoms with Crippen molar-refractivity contribution in [3.8, 4) is 0 Å². The Balaban J connectivity index is 1.86. The zero-order valence-corrected chi connectivity index (χ0v) is 14.9. The van der Waals surface area contributed by atoms with Gasteiger partial charge in [0.05, 0.1) is 23.1 Å². The van der Waals surface area contributed by atoms with E-state index >= 15 is 0 Å². The van der Waals surface area contributed by atoms with Crippen LogP contribution in [0.15, 0.2) is 36.5 Å². The Morgan fingerprint density at radius 3 is 2.81 bits per heavy atom. The van der Waals surface area contributed by atoms with E-state index in [2.05, 4.69) is 10.3 Å². The van der Waals surface area contributed by atoms with Gasteiger partial charge >= 0.3 is 6.18 Å². The SMILES string of the molecule is C[C@H](O)CNC(=O)c1cnc2c(C3=CCC(C(F)(F)F)CC3)cccc2c1. The Hall–Kier alpha value is -2.41. The first-order valence-electron chi connectivity index (χ1n) is 8.87. The smallest absolute Gasteiger partial charge is 0.392 e. The molecular formula is C20H21F3N2O2. The summed E-state index contributed by atoms with van der Waals surface area (Å²) in [6.07, 6.45) is -1.30. The lowest BCUT2D eigenvalue weighted by Crippen LogP contribution is -2.30. The van der Waals surface area contributed by atoms with Gasteiger partial charge in [-0.3, -0.25) is 9.78 Å². The molecule has 7 heteroatoms. The van der Waals surface area contributed by atoms with Crippen molar-refractivity contribution in [3.63, 3.8) is 0 Å². The van der Waals surface area contributed by atoms with Crippen LogP contribution in [0.3, 0.4) is 0 Å².